The molecule has 37 heavy (non-hydrogen) atoms. The number of ether oxygens (including phenoxy) is 2. The van der Waals surface area contributed by atoms with Crippen molar-refractivity contribution in [2.24, 2.45) is 0 Å². The van der Waals surface area contributed by atoms with E-state index in [1.807, 2.05) is 51.1 Å². The van der Waals surface area contributed by atoms with Crippen LogP contribution >= 0.6 is 11.8 Å². The quantitative estimate of drug-likeness (QED) is 0.331. The number of likely N-dealkylation sites (tertiary alicyclic amines) is 1. The summed E-state index contributed by atoms with van der Waals surface area (Å²) in [4.78, 5) is 60.4. The van der Waals surface area contributed by atoms with E-state index in [0.29, 0.717) is 36.8 Å². The molecule has 10 nitrogen and oxygen atoms in total. The topological polar surface area (TPSA) is 122 Å². The highest BCUT2D eigenvalue weighted by Gasteiger charge is 2.44. The lowest BCUT2D eigenvalue weighted by Gasteiger charge is -2.37. The van der Waals surface area contributed by atoms with Gasteiger partial charge in [-0.2, -0.15) is 0 Å². The Morgan fingerprint density at radius 3 is 2.54 bits per heavy atom. The van der Waals surface area contributed by atoms with Gasteiger partial charge in [-0.3, -0.25) is 14.5 Å². The first-order valence-corrected chi connectivity index (χ1v) is 13.3. The normalized spacial score (nSPS) is 18.6. The van der Waals surface area contributed by atoms with Crippen LogP contribution < -0.4 is 5.56 Å². The summed E-state index contributed by atoms with van der Waals surface area (Å²) < 4.78 is 10.6. The lowest BCUT2D eigenvalue weighted by Crippen LogP contribution is -2.52. The summed E-state index contributed by atoms with van der Waals surface area (Å²) in [5.41, 5.74) is 1.01. The van der Waals surface area contributed by atoms with Crippen molar-refractivity contribution in [3.8, 4) is 0 Å². The zero-order valence-electron chi connectivity index (χ0n) is 21.3. The molecule has 0 bridgehead atoms. The molecule has 0 aliphatic carbocycles. The first-order chi connectivity index (χ1) is 17.6. The van der Waals surface area contributed by atoms with Crippen LogP contribution in [0.25, 0.3) is 0 Å². The molecule has 1 aromatic carbocycles. The van der Waals surface area contributed by atoms with Crippen molar-refractivity contribution in [3.63, 3.8) is 0 Å². The number of cyclic esters (lactones) is 1. The minimum Gasteiger partial charge on any atom is -0.459 e. The Balaban J connectivity index is 1.29. The number of thioether (sulfide) groups is 1. The fourth-order valence-corrected chi connectivity index (χ4v) is 5.12. The van der Waals surface area contributed by atoms with Gasteiger partial charge in [0.2, 0.25) is 5.91 Å². The maximum Gasteiger partial charge on any atom is 0.410 e. The Kier molecular flexibility index (Phi) is 8.21. The fraction of sp³-hybridized carbons (Fsp3) is 0.500. The minimum absolute atomic E-state index is 0.0406. The van der Waals surface area contributed by atoms with Crippen LogP contribution in [-0.4, -0.2) is 75.3 Å². The van der Waals surface area contributed by atoms with Gasteiger partial charge in [0, 0.05) is 30.6 Å². The van der Waals surface area contributed by atoms with Crippen LogP contribution in [-0.2, 0) is 31.1 Å². The van der Waals surface area contributed by atoms with Crippen LogP contribution in [0.1, 0.15) is 44.9 Å². The molecule has 2 aliphatic heterocycles. The highest BCUT2D eigenvalue weighted by Crippen LogP contribution is 2.26. The van der Waals surface area contributed by atoms with Crippen LogP contribution in [0, 0.1) is 0 Å². The Hall–Kier alpha value is -3.34. The first-order valence-electron chi connectivity index (χ1n) is 12.3. The summed E-state index contributed by atoms with van der Waals surface area (Å²) >= 11 is 1.20. The molecule has 2 aromatic rings. The minimum atomic E-state index is -0.794. The van der Waals surface area contributed by atoms with Gasteiger partial charge in [-0.1, -0.05) is 62.9 Å². The number of rotatable bonds is 7. The van der Waals surface area contributed by atoms with E-state index < -0.39 is 18.1 Å². The number of nitrogens with one attached hydrogen (secondary N) is 1. The van der Waals surface area contributed by atoms with Gasteiger partial charge in [0.25, 0.3) is 5.56 Å². The molecule has 0 radical (unpaired) electrons. The molecule has 11 heteroatoms. The third-order valence-corrected chi connectivity index (χ3v) is 7.30. The number of aromatic nitrogens is 2. The van der Waals surface area contributed by atoms with Crippen LogP contribution in [0.4, 0.5) is 4.79 Å². The third kappa shape index (κ3) is 6.71. The monoisotopic (exact) mass is 528 g/mol. The zero-order chi connectivity index (χ0) is 26.6. The average molecular weight is 529 g/mol. The number of hydrogen-bond donors (Lipinski definition) is 1. The number of benzene rings is 1. The van der Waals surface area contributed by atoms with E-state index in [9.17, 15) is 19.2 Å². The van der Waals surface area contributed by atoms with E-state index in [1.54, 1.807) is 4.90 Å². The molecule has 2 aliphatic rings. The standard InChI is InChI=1S/C26H32N4O6S/c1-26(2,3)20-13-21(31)28-24(27-20)37-16-22(32)29-11-9-18(10-12-29)30-19(15-36-25(30)34)23(33)35-14-17-7-5-4-6-8-17/h4-8,13,18-19H,9-12,14-16H2,1-3H3,(H,27,28,31)/t19-/m0/s1. The number of piperidine rings is 1. The van der Waals surface area contributed by atoms with Gasteiger partial charge in [0.05, 0.1) is 11.4 Å². The smallest absolute Gasteiger partial charge is 0.410 e. The molecule has 3 heterocycles. The second-order valence-corrected chi connectivity index (χ2v) is 11.1. The van der Waals surface area contributed by atoms with Crippen molar-refractivity contribution < 1.29 is 23.9 Å². The summed E-state index contributed by atoms with van der Waals surface area (Å²) in [6.07, 6.45) is 0.529. The number of esters is 1. The van der Waals surface area contributed by atoms with Crippen LogP contribution in [0.15, 0.2) is 46.3 Å². The van der Waals surface area contributed by atoms with Gasteiger partial charge >= 0.3 is 12.1 Å². The summed E-state index contributed by atoms with van der Waals surface area (Å²) in [5.74, 6) is -0.430. The van der Waals surface area contributed by atoms with E-state index in [2.05, 4.69) is 9.97 Å². The predicted molar refractivity (Wildman–Crippen MR) is 137 cm³/mol. The summed E-state index contributed by atoms with van der Waals surface area (Å²) in [6.45, 7) is 6.91. The second kappa shape index (κ2) is 11.4. The highest BCUT2D eigenvalue weighted by molar-refractivity contribution is 7.99. The van der Waals surface area contributed by atoms with E-state index in [4.69, 9.17) is 9.47 Å². The van der Waals surface area contributed by atoms with Gasteiger partial charge in [0.1, 0.15) is 13.2 Å². The van der Waals surface area contributed by atoms with Gasteiger partial charge < -0.3 is 19.4 Å². The average Bonchev–Trinajstić information content (AvgIpc) is 3.27. The van der Waals surface area contributed by atoms with Crippen LogP contribution in [0.3, 0.4) is 0 Å². The Morgan fingerprint density at radius 2 is 1.86 bits per heavy atom. The number of aromatic amines is 1. The number of H-pyrrole nitrogens is 1. The Bertz CT molecular complexity index is 1190. The van der Waals surface area contributed by atoms with Crippen molar-refractivity contribution in [1.29, 1.82) is 0 Å². The molecule has 0 unspecified atom stereocenters. The number of carbonyl (C=O) groups is 3. The van der Waals surface area contributed by atoms with Crippen molar-refractivity contribution >= 4 is 29.7 Å². The van der Waals surface area contributed by atoms with Crippen molar-refractivity contribution in [1.82, 2.24) is 19.8 Å². The van der Waals surface area contributed by atoms with Crippen molar-refractivity contribution in [3.05, 3.63) is 58.0 Å². The molecule has 1 N–H and O–H groups in total. The largest absolute Gasteiger partial charge is 0.459 e. The van der Waals surface area contributed by atoms with Crippen molar-refractivity contribution in [2.45, 2.75) is 62.9 Å². The van der Waals surface area contributed by atoms with Crippen LogP contribution in [0.2, 0.25) is 0 Å². The van der Waals surface area contributed by atoms with E-state index >= 15 is 0 Å². The summed E-state index contributed by atoms with van der Waals surface area (Å²) in [5, 5.41) is 0.414. The maximum absolute atomic E-state index is 12.8. The SMILES string of the molecule is CC(C)(C)c1cc(=O)[nH]c(SCC(=O)N2CCC(N3C(=O)OC[C@H]3C(=O)OCc3ccccc3)CC2)n1. The lowest BCUT2D eigenvalue weighted by atomic mass is 9.92. The van der Waals surface area contributed by atoms with Gasteiger partial charge in [-0.15, -0.1) is 0 Å². The zero-order valence-corrected chi connectivity index (χ0v) is 22.1. The molecular weight excluding hydrogens is 496 g/mol. The summed E-state index contributed by atoms with van der Waals surface area (Å²) in [7, 11) is 0. The second-order valence-electron chi connectivity index (χ2n) is 10.2. The molecule has 2 amide bonds. The van der Waals surface area contributed by atoms with Crippen molar-refractivity contribution in [2.75, 3.05) is 25.4 Å². The van der Waals surface area contributed by atoms with Gasteiger partial charge in [-0.05, 0) is 18.4 Å². The fourth-order valence-electron chi connectivity index (χ4n) is 4.35. The molecule has 1 aromatic heterocycles. The van der Waals surface area contributed by atoms with E-state index in [1.165, 1.54) is 22.7 Å². The van der Waals surface area contributed by atoms with E-state index in [-0.39, 0.29) is 41.9 Å². The molecule has 4 rings (SSSR count). The van der Waals surface area contributed by atoms with Crippen LogP contribution in [0.5, 0.6) is 0 Å². The molecule has 0 spiro atoms. The molecular formula is C26H32N4O6S. The first kappa shape index (κ1) is 26.7. The summed E-state index contributed by atoms with van der Waals surface area (Å²) in [6, 6.07) is 9.80. The Labute approximate surface area is 219 Å². The Morgan fingerprint density at radius 1 is 1.16 bits per heavy atom. The van der Waals surface area contributed by atoms with Gasteiger partial charge in [0.15, 0.2) is 11.2 Å². The highest BCUT2D eigenvalue weighted by atomic mass is 32.2. The predicted octanol–water partition coefficient (Wildman–Crippen LogP) is 2.71. The number of hydrogen-bond acceptors (Lipinski definition) is 8. The maximum atomic E-state index is 12.8. The number of nitrogens with zero attached hydrogens (tertiary/aromatic N) is 3. The molecule has 0 saturated carbocycles. The number of amides is 2. The van der Waals surface area contributed by atoms with Gasteiger partial charge in [-0.25, -0.2) is 14.6 Å². The molecule has 2 saturated heterocycles. The number of carbonyl (C=O) groups excluding carboxylic acids is 3. The molecule has 2 fully saturated rings. The molecule has 1 atom stereocenters. The van der Waals surface area contributed by atoms with E-state index in [0.717, 1.165) is 5.56 Å². The third-order valence-electron chi connectivity index (χ3n) is 6.44. The molecule has 198 valence electrons. The lowest BCUT2D eigenvalue weighted by molar-refractivity contribution is -0.150.